The second kappa shape index (κ2) is 8.22. The molecule has 6 nitrogen and oxygen atoms in total. The fraction of sp³-hybridized carbons (Fsp3) is 0.0833. The van der Waals surface area contributed by atoms with Crippen LogP contribution in [0.15, 0.2) is 71.4 Å². The highest BCUT2D eigenvalue weighted by Gasteiger charge is 2.26. The van der Waals surface area contributed by atoms with Crippen molar-refractivity contribution in [3.05, 3.63) is 99.6 Å². The molecule has 0 unspecified atom stereocenters. The van der Waals surface area contributed by atoms with E-state index in [9.17, 15) is 4.79 Å². The molecule has 0 fully saturated rings. The predicted molar refractivity (Wildman–Crippen MR) is 123 cm³/mol. The zero-order chi connectivity index (χ0) is 22.2. The number of pyridine rings is 1. The molecule has 32 heavy (non-hydrogen) atoms. The number of aromatic nitrogens is 4. The van der Waals surface area contributed by atoms with Gasteiger partial charge in [-0.3, -0.25) is 9.78 Å². The first-order valence-electron chi connectivity index (χ1n) is 9.84. The molecule has 8 heteroatoms. The number of para-hydroxylation sites is 1. The number of hydrogen-bond donors (Lipinski definition) is 0. The SMILES string of the molecule is Cc1c(C(=O)c2nc(-c3ccccn3)no2)c2ccccc2n1Cc1ccc(Cl)cc1Cl. The van der Waals surface area contributed by atoms with Crippen molar-refractivity contribution < 1.29 is 9.32 Å². The van der Waals surface area contributed by atoms with Crippen LogP contribution in [0.2, 0.25) is 10.0 Å². The van der Waals surface area contributed by atoms with Crippen LogP contribution in [-0.2, 0) is 6.54 Å². The van der Waals surface area contributed by atoms with Gasteiger partial charge in [-0.1, -0.05) is 58.7 Å². The lowest BCUT2D eigenvalue weighted by molar-refractivity contribution is 0.0994. The van der Waals surface area contributed by atoms with Crippen LogP contribution in [-0.4, -0.2) is 25.5 Å². The fourth-order valence-corrected chi connectivity index (χ4v) is 4.23. The average Bonchev–Trinajstić information content (AvgIpc) is 3.40. The maximum atomic E-state index is 13.4. The average molecular weight is 463 g/mol. The van der Waals surface area contributed by atoms with Crippen molar-refractivity contribution in [2.75, 3.05) is 0 Å². The van der Waals surface area contributed by atoms with E-state index in [-0.39, 0.29) is 17.5 Å². The van der Waals surface area contributed by atoms with Gasteiger partial charge in [-0.05, 0) is 42.8 Å². The summed E-state index contributed by atoms with van der Waals surface area (Å²) in [6, 6.07) is 18.5. The summed E-state index contributed by atoms with van der Waals surface area (Å²) >= 11 is 12.4. The summed E-state index contributed by atoms with van der Waals surface area (Å²) < 4.78 is 7.35. The van der Waals surface area contributed by atoms with Gasteiger partial charge in [-0.2, -0.15) is 4.98 Å². The van der Waals surface area contributed by atoms with Gasteiger partial charge in [0.25, 0.3) is 11.7 Å². The number of carbonyl (C=O) groups is 1. The van der Waals surface area contributed by atoms with E-state index in [1.165, 1.54) is 0 Å². The van der Waals surface area contributed by atoms with Crippen LogP contribution in [0.4, 0.5) is 0 Å². The third kappa shape index (κ3) is 3.57. The maximum absolute atomic E-state index is 13.4. The van der Waals surface area contributed by atoms with Crippen molar-refractivity contribution in [3.8, 4) is 11.5 Å². The molecule has 5 rings (SSSR count). The largest absolute Gasteiger partial charge is 0.340 e. The van der Waals surface area contributed by atoms with Gasteiger partial charge >= 0.3 is 0 Å². The number of carbonyl (C=O) groups excluding carboxylic acids is 1. The van der Waals surface area contributed by atoms with E-state index in [0.717, 1.165) is 22.2 Å². The highest BCUT2D eigenvalue weighted by atomic mass is 35.5. The third-order valence-electron chi connectivity index (χ3n) is 5.32. The zero-order valence-corrected chi connectivity index (χ0v) is 18.4. The number of fused-ring (bicyclic) bond motifs is 1. The molecule has 0 aliphatic heterocycles. The number of rotatable bonds is 5. The number of hydrogen-bond acceptors (Lipinski definition) is 5. The molecular formula is C24H16Cl2N4O2. The van der Waals surface area contributed by atoms with E-state index in [1.54, 1.807) is 30.5 Å². The van der Waals surface area contributed by atoms with Gasteiger partial charge in [0.05, 0.1) is 5.56 Å². The predicted octanol–water partition coefficient (Wildman–Crippen LogP) is 5.98. The van der Waals surface area contributed by atoms with Gasteiger partial charge in [-0.25, -0.2) is 0 Å². The summed E-state index contributed by atoms with van der Waals surface area (Å²) in [7, 11) is 0. The Morgan fingerprint density at radius 3 is 2.66 bits per heavy atom. The van der Waals surface area contributed by atoms with Crippen LogP contribution >= 0.6 is 23.2 Å². The van der Waals surface area contributed by atoms with E-state index < -0.39 is 0 Å². The summed E-state index contributed by atoms with van der Waals surface area (Å²) in [4.78, 5) is 21.9. The summed E-state index contributed by atoms with van der Waals surface area (Å²) in [6.07, 6.45) is 1.63. The van der Waals surface area contributed by atoms with Crippen molar-refractivity contribution in [2.45, 2.75) is 13.5 Å². The second-order valence-corrected chi connectivity index (χ2v) is 8.11. The molecule has 0 N–H and O–H groups in total. The van der Waals surface area contributed by atoms with Gasteiger partial charge in [-0.15, -0.1) is 0 Å². The van der Waals surface area contributed by atoms with Crippen molar-refractivity contribution in [3.63, 3.8) is 0 Å². The van der Waals surface area contributed by atoms with Gasteiger partial charge in [0.2, 0.25) is 5.82 Å². The first-order valence-corrected chi connectivity index (χ1v) is 10.6. The summed E-state index contributed by atoms with van der Waals surface area (Å²) in [6.45, 7) is 2.38. The Kier molecular flexibility index (Phi) is 5.25. The smallest absolute Gasteiger partial charge is 0.299 e. The summed E-state index contributed by atoms with van der Waals surface area (Å²) in [5.41, 5.74) is 3.63. The number of nitrogens with zero attached hydrogens (tertiary/aromatic N) is 4. The fourth-order valence-electron chi connectivity index (χ4n) is 3.76. The molecule has 0 amide bonds. The van der Waals surface area contributed by atoms with E-state index >= 15 is 0 Å². The van der Waals surface area contributed by atoms with Gasteiger partial charge in [0.1, 0.15) is 5.69 Å². The Morgan fingerprint density at radius 1 is 1.06 bits per heavy atom. The van der Waals surface area contributed by atoms with Crippen molar-refractivity contribution in [1.82, 2.24) is 19.7 Å². The van der Waals surface area contributed by atoms with Crippen LogP contribution < -0.4 is 0 Å². The minimum atomic E-state index is -0.339. The second-order valence-electron chi connectivity index (χ2n) is 7.27. The molecule has 0 aliphatic rings. The van der Waals surface area contributed by atoms with Gasteiger partial charge < -0.3 is 9.09 Å². The molecule has 0 spiro atoms. The standard InChI is InChI=1S/C24H16Cl2N4O2/c1-14-21(22(31)24-28-23(29-32-24)19-7-4-5-11-27-19)17-6-2-3-8-20(17)30(14)13-15-9-10-16(25)12-18(15)26/h2-12H,13H2,1H3. The summed E-state index contributed by atoms with van der Waals surface area (Å²) in [5.74, 6) is -0.154. The Labute approximate surface area is 193 Å². The minimum Gasteiger partial charge on any atom is -0.340 e. The van der Waals surface area contributed by atoms with E-state index in [4.69, 9.17) is 27.7 Å². The molecular weight excluding hydrogens is 447 g/mol. The van der Waals surface area contributed by atoms with Crippen molar-refractivity contribution in [1.29, 1.82) is 0 Å². The molecule has 3 aromatic heterocycles. The molecule has 0 saturated carbocycles. The lowest BCUT2D eigenvalue weighted by atomic mass is 10.1. The highest BCUT2D eigenvalue weighted by molar-refractivity contribution is 6.35. The van der Waals surface area contributed by atoms with Crippen molar-refractivity contribution >= 4 is 39.9 Å². The van der Waals surface area contributed by atoms with Crippen LogP contribution in [0.3, 0.4) is 0 Å². The first kappa shape index (κ1) is 20.4. The molecule has 5 aromatic rings. The molecule has 0 atom stereocenters. The monoisotopic (exact) mass is 462 g/mol. The summed E-state index contributed by atoms with van der Waals surface area (Å²) in [5, 5.41) is 5.88. The van der Waals surface area contributed by atoms with Crippen LogP contribution in [0.5, 0.6) is 0 Å². The van der Waals surface area contributed by atoms with Crippen LogP contribution in [0.25, 0.3) is 22.4 Å². The zero-order valence-electron chi connectivity index (χ0n) is 16.9. The highest BCUT2D eigenvalue weighted by Crippen LogP contribution is 2.30. The van der Waals surface area contributed by atoms with E-state index in [0.29, 0.717) is 27.8 Å². The molecule has 2 aromatic carbocycles. The molecule has 3 heterocycles. The van der Waals surface area contributed by atoms with E-state index in [1.807, 2.05) is 47.9 Å². The quantitative estimate of drug-likeness (QED) is 0.300. The normalized spacial score (nSPS) is 11.2. The number of ketones is 1. The Morgan fingerprint density at radius 2 is 1.88 bits per heavy atom. The van der Waals surface area contributed by atoms with Crippen LogP contribution in [0.1, 0.15) is 27.5 Å². The Hall–Kier alpha value is -3.48. The van der Waals surface area contributed by atoms with Crippen molar-refractivity contribution in [2.24, 2.45) is 0 Å². The molecule has 158 valence electrons. The topological polar surface area (TPSA) is 73.8 Å². The lowest BCUT2D eigenvalue weighted by Gasteiger charge is -2.10. The first-order chi connectivity index (χ1) is 15.5. The van der Waals surface area contributed by atoms with Gasteiger partial charge in [0.15, 0.2) is 0 Å². The minimum absolute atomic E-state index is 0.0822. The molecule has 0 radical (unpaired) electrons. The number of benzene rings is 2. The third-order valence-corrected chi connectivity index (χ3v) is 5.90. The lowest BCUT2D eigenvalue weighted by Crippen LogP contribution is -2.07. The van der Waals surface area contributed by atoms with Crippen LogP contribution in [0, 0.1) is 6.92 Å². The molecule has 0 aliphatic carbocycles. The number of halogens is 2. The van der Waals surface area contributed by atoms with E-state index in [2.05, 4.69) is 15.1 Å². The van der Waals surface area contributed by atoms with Gasteiger partial charge in [0, 0.05) is 39.4 Å². The molecule has 0 saturated heterocycles. The Bertz CT molecular complexity index is 1460. The molecule has 0 bridgehead atoms. The maximum Gasteiger partial charge on any atom is 0.299 e. The Balaban J connectivity index is 1.58.